The van der Waals surface area contributed by atoms with Crippen LogP contribution in [0.2, 0.25) is 0 Å². The van der Waals surface area contributed by atoms with E-state index in [0.717, 1.165) is 6.42 Å². The third-order valence-electron chi connectivity index (χ3n) is 2.89. The highest BCUT2D eigenvalue weighted by Gasteiger charge is 2.21. The number of hydrogen-bond acceptors (Lipinski definition) is 5. The fourth-order valence-corrected chi connectivity index (χ4v) is 2.87. The molecule has 0 spiro atoms. The van der Waals surface area contributed by atoms with Crippen LogP contribution in [0.1, 0.15) is 19.3 Å². The quantitative estimate of drug-likeness (QED) is 0.444. The number of aliphatic hydroxyl groups is 1. The van der Waals surface area contributed by atoms with Gasteiger partial charge in [-0.25, -0.2) is 12.7 Å². The largest absolute Gasteiger partial charge is 0.396 e. The van der Waals surface area contributed by atoms with E-state index in [9.17, 15) is 18.5 Å². The zero-order valence-electron chi connectivity index (χ0n) is 11.2. The third-order valence-corrected chi connectivity index (χ3v) is 4.76. The molecule has 1 aromatic carbocycles. The first kappa shape index (κ1) is 16.5. The summed E-state index contributed by atoms with van der Waals surface area (Å²) in [5, 5.41) is 19.2. The average molecular weight is 302 g/mol. The Kier molecular flexibility index (Phi) is 6.05. The SMILES string of the molecule is CN(CCCCCO)S(=O)(=O)c1ccc([N+](=O)[O-])cc1. The van der Waals surface area contributed by atoms with Gasteiger partial charge in [0.2, 0.25) is 10.0 Å². The van der Waals surface area contributed by atoms with Crippen molar-refractivity contribution in [3.05, 3.63) is 34.4 Å². The lowest BCUT2D eigenvalue weighted by Gasteiger charge is -2.16. The van der Waals surface area contributed by atoms with Crippen LogP contribution in [0.5, 0.6) is 0 Å². The zero-order chi connectivity index (χ0) is 15.2. The normalized spacial score (nSPS) is 11.8. The molecule has 7 nitrogen and oxygen atoms in total. The van der Waals surface area contributed by atoms with Crippen LogP contribution in [-0.4, -0.2) is 43.0 Å². The number of unbranched alkanes of at least 4 members (excludes halogenated alkanes) is 2. The van der Waals surface area contributed by atoms with Gasteiger partial charge in [0, 0.05) is 32.3 Å². The second kappa shape index (κ2) is 7.32. The van der Waals surface area contributed by atoms with E-state index in [1.807, 2.05) is 0 Å². The van der Waals surface area contributed by atoms with Gasteiger partial charge in [-0.3, -0.25) is 10.1 Å². The second-order valence-corrected chi connectivity index (χ2v) is 6.41. The van der Waals surface area contributed by atoms with E-state index in [1.165, 1.54) is 35.6 Å². The average Bonchev–Trinajstić information content (AvgIpc) is 2.43. The molecule has 8 heteroatoms. The molecule has 112 valence electrons. The number of nitrogens with zero attached hydrogens (tertiary/aromatic N) is 2. The minimum absolute atomic E-state index is 0.0350. The van der Waals surface area contributed by atoms with Crippen molar-refractivity contribution in [1.29, 1.82) is 0 Å². The van der Waals surface area contributed by atoms with E-state index < -0.39 is 14.9 Å². The fraction of sp³-hybridized carbons (Fsp3) is 0.500. The molecule has 0 aliphatic heterocycles. The summed E-state index contributed by atoms with van der Waals surface area (Å²) in [7, 11) is -2.15. The monoisotopic (exact) mass is 302 g/mol. The minimum Gasteiger partial charge on any atom is -0.396 e. The summed E-state index contributed by atoms with van der Waals surface area (Å²) in [4.78, 5) is 9.98. The molecule has 0 atom stereocenters. The molecule has 0 aliphatic rings. The van der Waals surface area contributed by atoms with Gasteiger partial charge in [0.25, 0.3) is 5.69 Å². The van der Waals surface area contributed by atoms with Crippen molar-refractivity contribution in [1.82, 2.24) is 4.31 Å². The molecule has 1 aromatic rings. The number of rotatable bonds is 8. The Labute approximate surface area is 118 Å². The van der Waals surface area contributed by atoms with Crippen LogP contribution in [-0.2, 0) is 10.0 Å². The summed E-state index contributed by atoms with van der Waals surface area (Å²) >= 11 is 0. The number of hydrogen-bond donors (Lipinski definition) is 1. The lowest BCUT2D eigenvalue weighted by Crippen LogP contribution is -2.28. The molecular weight excluding hydrogens is 284 g/mol. The molecule has 0 saturated heterocycles. The lowest BCUT2D eigenvalue weighted by molar-refractivity contribution is -0.384. The van der Waals surface area contributed by atoms with Gasteiger partial charge in [0.05, 0.1) is 9.82 Å². The van der Waals surface area contributed by atoms with Crippen molar-refractivity contribution >= 4 is 15.7 Å². The summed E-state index contributed by atoms with van der Waals surface area (Å²) in [5.74, 6) is 0. The standard InChI is InChI=1S/C12H18N2O5S/c1-13(9-3-2-4-10-15)20(18,19)12-7-5-11(6-8-12)14(16)17/h5-8,15H,2-4,9-10H2,1H3. The Hall–Kier alpha value is -1.51. The highest BCUT2D eigenvalue weighted by atomic mass is 32.2. The van der Waals surface area contributed by atoms with Gasteiger partial charge in [0.1, 0.15) is 0 Å². The highest BCUT2D eigenvalue weighted by molar-refractivity contribution is 7.89. The molecule has 0 radical (unpaired) electrons. The van der Waals surface area contributed by atoms with Gasteiger partial charge >= 0.3 is 0 Å². The van der Waals surface area contributed by atoms with Crippen LogP contribution in [0.25, 0.3) is 0 Å². The Balaban J connectivity index is 2.74. The van der Waals surface area contributed by atoms with Crippen LogP contribution in [0.15, 0.2) is 29.2 Å². The molecular formula is C12H18N2O5S. The van der Waals surface area contributed by atoms with Crippen LogP contribution in [0.3, 0.4) is 0 Å². The highest BCUT2D eigenvalue weighted by Crippen LogP contribution is 2.19. The Morgan fingerprint density at radius 1 is 1.20 bits per heavy atom. The van der Waals surface area contributed by atoms with E-state index in [-0.39, 0.29) is 17.2 Å². The molecule has 1 N–H and O–H groups in total. The number of sulfonamides is 1. The maximum Gasteiger partial charge on any atom is 0.269 e. The summed E-state index contributed by atoms with van der Waals surface area (Å²) in [6.45, 7) is 0.443. The van der Waals surface area contributed by atoms with Crippen LogP contribution < -0.4 is 0 Å². The van der Waals surface area contributed by atoms with Gasteiger partial charge in [-0.2, -0.15) is 0 Å². The Morgan fingerprint density at radius 2 is 1.80 bits per heavy atom. The zero-order valence-corrected chi connectivity index (χ0v) is 12.0. The Morgan fingerprint density at radius 3 is 2.30 bits per heavy atom. The van der Waals surface area contributed by atoms with E-state index >= 15 is 0 Å². The van der Waals surface area contributed by atoms with Crippen LogP contribution in [0.4, 0.5) is 5.69 Å². The number of aliphatic hydroxyl groups excluding tert-OH is 1. The van der Waals surface area contributed by atoms with Crippen molar-refractivity contribution in [2.24, 2.45) is 0 Å². The number of nitro benzene ring substituents is 1. The van der Waals surface area contributed by atoms with E-state index in [2.05, 4.69) is 0 Å². The molecule has 1 rings (SSSR count). The maximum absolute atomic E-state index is 12.2. The van der Waals surface area contributed by atoms with Gasteiger partial charge in [-0.05, 0) is 31.4 Å². The molecule has 0 unspecified atom stereocenters. The number of nitro groups is 1. The van der Waals surface area contributed by atoms with Crippen LogP contribution >= 0.6 is 0 Å². The summed E-state index contributed by atoms with van der Waals surface area (Å²) < 4.78 is 25.6. The molecule has 0 fully saturated rings. The van der Waals surface area contributed by atoms with Gasteiger partial charge < -0.3 is 5.11 Å². The van der Waals surface area contributed by atoms with E-state index in [0.29, 0.717) is 19.4 Å². The number of non-ortho nitro benzene ring substituents is 1. The molecule has 20 heavy (non-hydrogen) atoms. The summed E-state index contributed by atoms with van der Waals surface area (Å²) in [6, 6.07) is 4.81. The molecule has 0 saturated carbocycles. The smallest absolute Gasteiger partial charge is 0.269 e. The van der Waals surface area contributed by atoms with Crippen LogP contribution in [0, 0.1) is 10.1 Å². The second-order valence-electron chi connectivity index (χ2n) is 4.36. The first-order chi connectivity index (χ1) is 9.39. The van der Waals surface area contributed by atoms with Crippen molar-refractivity contribution in [2.45, 2.75) is 24.2 Å². The van der Waals surface area contributed by atoms with E-state index in [1.54, 1.807) is 0 Å². The predicted molar refractivity (Wildman–Crippen MR) is 73.8 cm³/mol. The van der Waals surface area contributed by atoms with Crippen molar-refractivity contribution in [3.8, 4) is 0 Å². The first-order valence-electron chi connectivity index (χ1n) is 6.21. The van der Waals surface area contributed by atoms with Crippen molar-refractivity contribution < 1.29 is 18.4 Å². The Bertz CT molecular complexity index is 541. The molecule has 0 aromatic heterocycles. The lowest BCUT2D eigenvalue weighted by atomic mass is 10.2. The third kappa shape index (κ3) is 4.26. The van der Waals surface area contributed by atoms with Crippen molar-refractivity contribution in [2.75, 3.05) is 20.2 Å². The van der Waals surface area contributed by atoms with Crippen molar-refractivity contribution in [3.63, 3.8) is 0 Å². The molecule has 0 bridgehead atoms. The maximum atomic E-state index is 12.2. The molecule has 0 aliphatic carbocycles. The summed E-state index contributed by atoms with van der Waals surface area (Å²) in [5.41, 5.74) is -0.144. The predicted octanol–water partition coefficient (Wildman–Crippen LogP) is 1.38. The molecule has 0 heterocycles. The number of benzene rings is 1. The van der Waals surface area contributed by atoms with Gasteiger partial charge in [-0.15, -0.1) is 0 Å². The van der Waals surface area contributed by atoms with Gasteiger partial charge in [0.15, 0.2) is 0 Å². The van der Waals surface area contributed by atoms with Gasteiger partial charge in [-0.1, -0.05) is 0 Å². The van der Waals surface area contributed by atoms with E-state index in [4.69, 9.17) is 5.11 Å². The minimum atomic E-state index is -3.62. The fourth-order valence-electron chi connectivity index (χ4n) is 1.66. The molecule has 0 amide bonds. The summed E-state index contributed by atoms with van der Waals surface area (Å²) in [6.07, 6.45) is 2.05. The first-order valence-corrected chi connectivity index (χ1v) is 7.65. The topological polar surface area (TPSA) is 101 Å².